The Morgan fingerprint density at radius 3 is 2.29 bits per heavy atom. The Balaban J connectivity index is 2.65. The molecule has 0 spiro atoms. The molecule has 1 heterocycles. The van der Waals surface area contributed by atoms with Crippen molar-refractivity contribution >= 4 is 17.7 Å². The van der Waals surface area contributed by atoms with Crippen molar-refractivity contribution in [2.45, 2.75) is 19.9 Å². The molecule has 1 aromatic carbocycles. The van der Waals surface area contributed by atoms with E-state index in [0.717, 1.165) is 5.56 Å². The van der Waals surface area contributed by atoms with Gasteiger partial charge in [-0.25, -0.2) is 4.79 Å². The zero-order valence-electron chi connectivity index (χ0n) is 14.5. The predicted octanol–water partition coefficient (Wildman–Crippen LogP) is 2.49. The number of dihydropyridines is 1. The molecule has 1 aliphatic heterocycles. The van der Waals surface area contributed by atoms with Gasteiger partial charge in [0.05, 0.1) is 26.9 Å². The largest absolute Gasteiger partial charge is 0.496 e. The highest BCUT2D eigenvalue weighted by molar-refractivity contribution is 6.07. The molecule has 0 amide bonds. The van der Waals surface area contributed by atoms with Gasteiger partial charge in [-0.15, -0.1) is 0 Å². The third kappa shape index (κ3) is 3.04. The van der Waals surface area contributed by atoms with Crippen LogP contribution in [0.3, 0.4) is 0 Å². The standard InChI is InChI=1S/C18H21NO5/c1-10-14(17(20)23-4)11(2)19-16(15(10)18(21)24-5)12-8-6-7-9-13(12)22-3/h6-9,14,16H,1-5H3/t14?,16-/m1/s1. The Morgan fingerprint density at radius 1 is 1.04 bits per heavy atom. The fourth-order valence-corrected chi connectivity index (χ4v) is 2.99. The fourth-order valence-electron chi connectivity index (χ4n) is 2.99. The van der Waals surface area contributed by atoms with E-state index in [-0.39, 0.29) is 0 Å². The smallest absolute Gasteiger partial charge is 0.336 e. The number of para-hydroxylation sites is 1. The minimum atomic E-state index is -0.685. The highest BCUT2D eigenvalue weighted by Gasteiger charge is 2.38. The van der Waals surface area contributed by atoms with Crippen molar-refractivity contribution in [2.75, 3.05) is 21.3 Å². The number of carbonyl (C=O) groups is 2. The maximum absolute atomic E-state index is 12.4. The lowest BCUT2D eigenvalue weighted by Gasteiger charge is -2.29. The second kappa shape index (κ2) is 7.29. The molecule has 1 aliphatic rings. The van der Waals surface area contributed by atoms with E-state index in [4.69, 9.17) is 14.2 Å². The minimum absolute atomic E-state index is 0.336. The number of nitrogens with zero attached hydrogens (tertiary/aromatic N) is 1. The molecule has 128 valence electrons. The van der Waals surface area contributed by atoms with Gasteiger partial charge in [-0.3, -0.25) is 9.79 Å². The lowest BCUT2D eigenvalue weighted by atomic mass is 9.83. The van der Waals surface area contributed by atoms with Gasteiger partial charge < -0.3 is 14.2 Å². The van der Waals surface area contributed by atoms with Gasteiger partial charge in [-0.05, 0) is 25.5 Å². The molecule has 2 atom stereocenters. The highest BCUT2D eigenvalue weighted by atomic mass is 16.5. The van der Waals surface area contributed by atoms with Crippen molar-refractivity contribution in [2.24, 2.45) is 10.9 Å². The summed E-state index contributed by atoms with van der Waals surface area (Å²) in [5, 5.41) is 0. The van der Waals surface area contributed by atoms with Crippen LogP contribution in [0.5, 0.6) is 5.75 Å². The Morgan fingerprint density at radius 2 is 1.71 bits per heavy atom. The first-order valence-corrected chi connectivity index (χ1v) is 7.50. The lowest BCUT2D eigenvalue weighted by molar-refractivity contribution is -0.142. The molecule has 0 radical (unpaired) electrons. The van der Waals surface area contributed by atoms with Crippen LogP contribution in [0.2, 0.25) is 0 Å². The number of hydrogen-bond acceptors (Lipinski definition) is 6. The van der Waals surface area contributed by atoms with Crippen LogP contribution in [0, 0.1) is 5.92 Å². The van der Waals surface area contributed by atoms with Gasteiger partial charge in [-0.1, -0.05) is 18.2 Å². The van der Waals surface area contributed by atoms with Gasteiger partial charge in [0.2, 0.25) is 0 Å². The summed E-state index contributed by atoms with van der Waals surface area (Å²) in [6, 6.07) is 6.74. The normalized spacial score (nSPS) is 20.3. The summed E-state index contributed by atoms with van der Waals surface area (Å²) >= 11 is 0. The van der Waals surface area contributed by atoms with E-state index >= 15 is 0 Å². The number of carbonyl (C=O) groups excluding carboxylic acids is 2. The number of benzene rings is 1. The summed E-state index contributed by atoms with van der Waals surface area (Å²) in [5.41, 5.74) is 2.24. The first-order valence-electron chi connectivity index (χ1n) is 7.50. The average molecular weight is 331 g/mol. The van der Waals surface area contributed by atoms with E-state index in [1.807, 2.05) is 18.2 Å². The second-order valence-electron chi connectivity index (χ2n) is 5.46. The van der Waals surface area contributed by atoms with Crippen LogP contribution in [0.1, 0.15) is 25.5 Å². The molecular formula is C18H21NO5. The molecule has 0 aliphatic carbocycles. The molecule has 1 aromatic rings. The zero-order valence-corrected chi connectivity index (χ0v) is 14.5. The van der Waals surface area contributed by atoms with E-state index in [1.165, 1.54) is 14.2 Å². The quantitative estimate of drug-likeness (QED) is 0.793. The SMILES string of the molecule is COC(=O)C1=C(C)C(C(=O)OC)C(C)=N[C@@H]1c1ccccc1OC. The number of hydrogen-bond donors (Lipinski definition) is 0. The molecule has 0 bridgehead atoms. The van der Waals surface area contributed by atoms with Gasteiger partial charge in [0.25, 0.3) is 0 Å². The van der Waals surface area contributed by atoms with Crippen molar-refractivity contribution in [1.29, 1.82) is 0 Å². The van der Waals surface area contributed by atoms with E-state index < -0.39 is 23.9 Å². The Hall–Kier alpha value is -2.63. The van der Waals surface area contributed by atoms with Gasteiger partial charge in [0.1, 0.15) is 17.7 Å². The molecule has 1 unspecified atom stereocenters. The lowest BCUT2D eigenvalue weighted by Crippen LogP contribution is -2.32. The Bertz CT molecular complexity index is 720. The molecule has 24 heavy (non-hydrogen) atoms. The van der Waals surface area contributed by atoms with Crippen molar-refractivity contribution in [3.8, 4) is 5.75 Å². The summed E-state index contributed by atoms with van der Waals surface area (Å²) in [7, 11) is 4.18. The summed E-state index contributed by atoms with van der Waals surface area (Å²) in [4.78, 5) is 29.1. The van der Waals surface area contributed by atoms with E-state index in [0.29, 0.717) is 22.6 Å². The molecule has 0 saturated carbocycles. The van der Waals surface area contributed by atoms with Gasteiger partial charge in [-0.2, -0.15) is 0 Å². The second-order valence-corrected chi connectivity index (χ2v) is 5.46. The van der Waals surface area contributed by atoms with E-state index in [9.17, 15) is 9.59 Å². The number of ether oxygens (including phenoxy) is 3. The fraction of sp³-hybridized carbons (Fsp3) is 0.389. The Labute approximate surface area is 141 Å². The first kappa shape index (κ1) is 17.7. The minimum Gasteiger partial charge on any atom is -0.496 e. The monoisotopic (exact) mass is 331 g/mol. The predicted molar refractivity (Wildman–Crippen MR) is 89.1 cm³/mol. The molecule has 6 heteroatoms. The van der Waals surface area contributed by atoms with Crippen molar-refractivity contribution in [3.05, 3.63) is 41.0 Å². The van der Waals surface area contributed by atoms with Crippen LogP contribution in [0.15, 0.2) is 40.4 Å². The summed E-state index contributed by atoms with van der Waals surface area (Å²) < 4.78 is 15.2. The Kier molecular flexibility index (Phi) is 5.39. The van der Waals surface area contributed by atoms with Crippen molar-refractivity contribution < 1.29 is 23.8 Å². The number of rotatable bonds is 4. The number of methoxy groups -OCH3 is 3. The summed E-state index contributed by atoms with van der Waals surface area (Å²) in [5.74, 6) is -1.04. The van der Waals surface area contributed by atoms with E-state index in [1.54, 1.807) is 27.0 Å². The number of esters is 2. The topological polar surface area (TPSA) is 74.2 Å². The van der Waals surface area contributed by atoms with Crippen LogP contribution in [0.25, 0.3) is 0 Å². The molecule has 6 nitrogen and oxygen atoms in total. The summed E-state index contributed by atoms with van der Waals surface area (Å²) in [6.07, 6.45) is 0. The van der Waals surface area contributed by atoms with E-state index in [2.05, 4.69) is 4.99 Å². The van der Waals surface area contributed by atoms with Crippen LogP contribution in [-0.4, -0.2) is 39.0 Å². The molecule has 0 aromatic heterocycles. The maximum atomic E-state index is 12.4. The van der Waals surface area contributed by atoms with Crippen LogP contribution in [0.4, 0.5) is 0 Å². The highest BCUT2D eigenvalue weighted by Crippen LogP contribution is 2.40. The van der Waals surface area contributed by atoms with Crippen molar-refractivity contribution in [3.63, 3.8) is 0 Å². The summed E-state index contributed by atoms with van der Waals surface area (Å²) in [6.45, 7) is 3.48. The molecule has 0 N–H and O–H groups in total. The van der Waals surface area contributed by atoms with Gasteiger partial charge in [0, 0.05) is 11.3 Å². The third-order valence-electron chi connectivity index (χ3n) is 4.16. The molecule has 0 saturated heterocycles. The first-order chi connectivity index (χ1) is 11.5. The van der Waals surface area contributed by atoms with Crippen LogP contribution in [-0.2, 0) is 19.1 Å². The van der Waals surface area contributed by atoms with Crippen molar-refractivity contribution in [1.82, 2.24) is 0 Å². The number of aliphatic imine (C=N–C) groups is 1. The van der Waals surface area contributed by atoms with Crippen LogP contribution >= 0.6 is 0 Å². The average Bonchev–Trinajstić information content (AvgIpc) is 2.60. The van der Waals surface area contributed by atoms with Gasteiger partial charge >= 0.3 is 11.9 Å². The maximum Gasteiger partial charge on any atom is 0.336 e. The zero-order chi connectivity index (χ0) is 17.9. The van der Waals surface area contributed by atoms with Crippen LogP contribution < -0.4 is 4.74 Å². The molecule has 0 fully saturated rings. The third-order valence-corrected chi connectivity index (χ3v) is 4.16. The van der Waals surface area contributed by atoms with Gasteiger partial charge in [0.15, 0.2) is 0 Å². The molecule has 2 rings (SSSR count). The molecular weight excluding hydrogens is 310 g/mol.